The van der Waals surface area contributed by atoms with Crippen LogP contribution in [-0.2, 0) is 28.6 Å². The first-order chi connectivity index (χ1) is 30.9. The zero-order valence-electron chi connectivity index (χ0n) is 43.4. The van der Waals surface area contributed by atoms with Gasteiger partial charge in [-0.05, 0) is 38.5 Å². The van der Waals surface area contributed by atoms with Crippen LogP contribution in [0.15, 0.2) is 0 Å². The number of rotatable bonds is 50. The van der Waals surface area contributed by atoms with Crippen molar-refractivity contribution in [1.29, 1.82) is 0 Å². The molecule has 3 atom stereocenters. The van der Waals surface area contributed by atoms with Crippen LogP contribution in [0.1, 0.15) is 311 Å². The van der Waals surface area contributed by atoms with Gasteiger partial charge in [0.25, 0.3) is 0 Å². The molecule has 0 aromatic carbocycles. The minimum atomic E-state index is -0.797. The molecule has 374 valence electrons. The summed E-state index contributed by atoms with van der Waals surface area (Å²) < 4.78 is 17.8. The molecule has 0 aromatic heterocycles. The summed E-state index contributed by atoms with van der Waals surface area (Å²) in [4.78, 5) is 40.2. The van der Waals surface area contributed by atoms with Crippen LogP contribution in [0.2, 0.25) is 0 Å². The normalized spacial score (nSPS) is 13.4. The maximum absolute atomic E-state index is 13.6. The molecule has 0 rings (SSSR count). The van der Waals surface area contributed by atoms with E-state index in [2.05, 4.69) is 34.6 Å². The molecule has 6 heteroatoms. The quantitative estimate of drug-likeness (QED) is 0.0344. The zero-order chi connectivity index (χ0) is 46.3. The highest BCUT2D eigenvalue weighted by molar-refractivity contribution is 5.74. The van der Waals surface area contributed by atoms with Crippen molar-refractivity contribution in [2.24, 2.45) is 17.8 Å². The van der Waals surface area contributed by atoms with Gasteiger partial charge in [0.1, 0.15) is 13.2 Å². The minimum Gasteiger partial charge on any atom is -0.461 e. The van der Waals surface area contributed by atoms with Gasteiger partial charge in [-0.3, -0.25) is 14.4 Å². The highest BCUT2D eigenvalue weighted by Gasteiger charge is 2.27. The van der Waals surface area contributed by atoms with Crippen molar-refractivity contribution in [3.63, 3.8) is 0 Å². The predicted octanol–water partition coefficient (Wildman–Crippen LogP) is 18.3. The van der Waals surface area contributed by atoms with Gasteiger partial charge in [0.15, 0.2) is 6.10 Å². The summed E-state index contributed by atoms with van der Waals surface area (Å²) in [6.07, 6.45) is 50.2. The summed E-state index contributed by atoms with van der Waals surface area (Å²) in [5.74, 6) is -1.25. The fourth-order valence-electron chi connectivity index (χ4n) is 9.12. The Hall–Kier alpha value is -1.59. The lowest BCUT2D eigenvalue weighted by atomic mass is 9.97. The van der Waals surface area contributed by atoms with Gasteiger partial charge in [-0.15, -0.1) is 0 Å². The summed E-state index contributed by atoms with van der Waals surface area (Å²) in [5, 5.41) is 0. The highest BCUT2D eigenvalue weighted by atomic mass is 16.6. The zero-order valence-corrected chi connectivity index (χ0v) is 43.4. The number of hydrogen-bond acceptors (Lipinski definition) is 6. The number of esters is 3. The first-order valence-electron chi connectivity index (χ1n) is 28.4. The van der Waals surface area contributed by atoms with Gasteiger partial charge in [-0.25, -0.2) is 0 Å². The van der Waals surface area contributed by atoms with E-state index in [0.29, 0.717) is 6.42 Å². The lowest BCUT2D eigenvalue weighted by molar-refractivity contribution is -0.172. The lowest BCUT2D eigenvalue weighted by Gasteiger charge is -2.23. The highest BCUT2D eigenvalue weighted by Crippen LogP contribution is 2.22. The molecule has 0 aliphatic carbocycles. The molecule has 0 N–H and O–H groups in total. The molecule has 63 heavy (non-hydrogen) atoms. The van der Waals surface area contributed by atoms with Gasteiger partial charge in [-0.1, -0.05) is 273 Å². The average molecular weight is 892 g/mol. The van der Waals surface area contributed by atoms with Crippen molar-refractivity contribution < 1.29 is 28.6 Å². The molecule has 6 nitrogen and oxygen atoms in total. The Morgan fingerprint density at radius 1 is 0.286 bits per heavy atom. The molecule has 0 saturated carbocycles. The third-order valence-corrected chi connectivity index (χ3v) is 13.8. The third-order valence-electron chi connectivity index (χ3n) is 13.8. The van der Waals surface area contributed by atoms with Gasteiger partial charge >= 0.3 is 17.9 Å². The summed E-state index contributed by atoms with van der Waals surface area (Å²) in [6.45, 7) is 12.8. The summed E-state index contributed by atoms with van der Waals surface area (Å²) in [7, 11) is 0. The molecule has 0 aromatic rings. The molecule has 0 spiro atoms. The lowest BCUT2D eigenvalue weighted by Crippen LogP contribution is -2.34. The predicted molar refractivity (Wildman–Crippen MR) is 270 cm³/mol. The van der Waals surface area contributed by atoms with Crippen LogP contribution < -0.4 is 0 Å². The van der Waals surface area contributed by atoms with Crippen LogP contribution >= 0.6 is 0 Å². The molecule has 0 heterocycles. The second-order valence-electron chi connectivity index (χ2n) is 19.7. The maximum Gasteiger partial charge on any atom is 0.309 e. The van der Waals surface area contributed by atoms with E-state index in [1.54, 1.807) is 0 Å². The first-order valence-corrected chi connectivity index (χ1v) is 28.4. The van der Waals surface area contributed by atoms with Crippen LogP contribution in [0.5, 0.6) is 0 Å². The summed E-state index contributed by atoms with van der Waals surface area (Å²) in [6, 6.07) is 0. The average Bonchev–Trinajstić information content (AvgIpc) is 3.29. The van der Waals surface area contributed by atoms with Crippen LogP contribution in [0, 0.1) is 17.8 Å². The van der Waals surface area contributed by atoms with Crippen molar-refractivity contribution in [2.75, 3.05) is 13.2 Å². The Morgan fingerprint density at radius 2 is 0.492 bits per heavy atom. The molecule has 0 radical (unpaired) electrons. The fourth-order valence-corrected chi connectivity index (χ4v) is 9.12. The SMILES string of the molecule is CCCCCCCCCCCCCCC(CC)C(=O)OCC(COC(=O)C(CC)CCCCCCCCCCCCCC)OC(=O)C(CC)CCCCCCCCCCCCCC. The Kier molecular flexibility index (Phi) is 47.1. The standard InChI is InChI=1S/C57H110O6/c1-7-13-16-19-22-25-28-31-34-37-40-43-46-51(10-4)55(58)61-49-54(63-57(60)53(12-6)48-45-42-39-36-33-30-27-24-21-18-15-9-3)50-62-56(59)52(11-5)47-44-41-38-35-32-29-26-23-20-17-14-8-2/h51-54H,7-50H2,1-6H3. The van der Waals surface area contributed by atoms with Crippen LogP contribution in [-0.4, -0.2) is 37.2 Å². The van der Waals surface area contributed by atoms with Crippen LogP contribution in [0.4, 0.5) is 0 Å². The van der Waals surface area contributed by atoms with Crippen LogP contribution in [0.25, 0.3) is 0 Å². The fraction of sp³-hybridized carbons (Fsp3) is 0.947. The third kappa shape index (κ3) is 39.3. The van der Waals surface area contributed by atoms with E-state index in [1.807, 2.05) is 6.92 Å². The van der Waals surface area contributed by atoms with E-state index in [1.165, 1.54) is 193 Å². The van der Waals surface area contributed by atoms with Crippen molar-refractivity contribution in [2.45, 2.75) is 317 Å². The van der Waals surface area contributed by atoms with Gasteiger partial charge in [-0.2, -0.15) is 0 Å². The van der Waals surface area contributed by atoms with E-state index in [0.717, 1.165) is 70.6 Å². The van der Waals surface area contributed by atoms with E-state index < -0.39 is 6.10 Å². The summed E-state index contributed by atoms with van der Waals surface area (Å²) >= 11 is 0. The Bertz CT molecular complexity index is 930. The molecule has 0 amide bonds. The Balaban J connectivity index is 4.96. The van der Waals surface area contributed by atoms with Gasteiger partial charge < -0.3 is 14.2 Å². The Morgan fingerprint density at radius 3 is 0.714 bits per heavy atom. The van der Waals surface area contributed by atoms with Gasteiger partial charge in [0.2, 0.25) is 0 Å². The van der Waals surface area contributed by atoms with Gasteiger partial charge in [0, 0.05) is 0 Å². The maximum atomic E-state index is 13.6. The first kappa shape index (κ1) is 61.4. The molecule has 0 fully saturated rings. The second-order valence-corrected chi connectivity index (χ2v) is 19.7. The van der Waals surface area contributed by atoms with E-state index >= 15 is 0 Å². The molecule has 0 aliphatic rings. The largest absolute Gasteiger partial charge is 0.461 e. The molecule has 0 aliphatic heterocycles. The molecular weight excluding hydrogens is 781 g/mol. The number of carbonyl (C=O) groups excluding carboxylic acids is 3. The smallest absolute Gasteiger partial charge is 0.309 e. The topological polar surface area (TPSA) is 78.9 Å². The molecule has 0 saturated heterocycles. The van der Waals surface area contributed by atoms with Crippen molar-refractivity contribution in [3.05, 3.63) is 0 Å². The van der Waals surface area contributed by atoms with E-state index in [-0.39, 0.29) is 48.9 Å². The van der Waals surface area contributed by atoms with Crippen molar-refractivity contribution >= 4 is 17.9 Å². The number of unbranched alkanes of at least 4 members (excludes halogenated alkanes) is 33. The van der Waals surface area contributed by atoms with E-state index in [9.17, 15) is 14.4 Å². The van der Waals surface area contributed by atoms with Crippen LogP contribution in [0.3, 0.4) is 0 Å². The van der Waals surface area contributed by atoms with E-state index in [4.69, 9.17) is 14.2 Å². The van der Waals surface area contributed by atoms with Gasteiger partial charge in [0.05, 0.1) is 17.8 Å². The summed E-state index contributed by atoms with van der Waals surface area (Å²) in [5.41, 5.74) is 0. The Labute approximate surface area is 393 Å². The van der Waals surface area contributed by atoms with Crippen molar-refractivity contribution in [3.8, 4) is 0 Å². The second kappa shape index (κ2) is 48.3. The molecule has 3 unspecified atom stereocenters. The number of carbonyl (C=O) groups is 3. The van der Waals surface area contributed by atoms with Crippen molar-refractivity contribution in [1.82, 2.24) is 0 Å². The minimum absolute atomic E-state index is 0.0721. The molecular formula is C57H110O6. The monoisotopic (exact) mass is 891 g/mol. The number of hydrogen-bond donors (Lipinski definition) is 0. The number of ether oxygens (including phenoxy) is 3. The molecule has 0 bridgehead atoms.